The summed E-state index contributed by atoms with van der Waals surface area (Å²) in [4.78, 5) is 38.6. The van der Waals surface area contributed by atoms with Gasteiger partial charge < -0.3 is 9.64 Å². The standard InChI is InChI=1S/C21H21N3O4/c1-14(15-9-5-4-6-10-15)23(2)18(25)13-28-21(27)19-16-11-7-8-12-17(16)20(26)24(3)22-19/h4-12,14H,13H2,1-3H3. The zero-order valence-corrected chi connectivity index (χ0v) is 16.0. The van der Waals surface area contributed by atoms with E-state index in [0.717, 1.165) is 10.2 Å². The molecule has 7 nitrogen and oxygen atoms in total. The zero-order chi connectivity index (χ0) is 20.3. The SMILES string of the molecule is CC(c1ccccc1)N(C)C(=O)COC(=O)c1nn(C)c(=O)c2ccccc12. The van der Waals surface area contributed by atoms with Crippen LogP contribution in [0.5, 0.6) is 0 Å². The molecule has 1 heterocycles. The normalized spacial score (nSPS) is 11.8. The Kier molecular flexibility index (Phi) is 5.54. The molecule has 0 fully saturated rings. The Hall–Kier alpha value is -3.48. The third-order valence-electron chi connectivity index (χ3n) is 4.73. The molecule has 0 aliphatic carbocycles. The van der Waals surface area contributed by atoms with Crippen LogP contribution in [-0.2, 0) is 16.6 Å². The van der Waals surface area contributed by atoms with E-state index in [-0.39, 0.29) is 23.2 Å². The first-order chi connectivity index (χ1) is 13.4. The fourth-order valence-corrected chi connectivity index (χ4v) is 2.92. The van der Waals surface area contributed by atoms with E-state index in [9.17, 15) is 14.4 Å². The number of ether oxygens (including phenoxy) is 1. The summed E-state index contributed by atoms with van der Waals surface area (Å²) in [5.74, 6) is -1.08. The number of carbonyl (C=O) groups excluding carboxylic acids is 2. The molecule has 1 aromatic heterocycles. The molecule has 144 valence electrons. The van der Waals surface area contributed by atoms with Crippen LogP contribution in [0.1, 0.15) is 29.0 Å². The minimum Gasteiger partial charge on any atom is -0.451 e. The maximum Gasteiger partial charge on any atom is 0.359 e. The molecule has 3 rings (SSSR count). The van der Waals surface area contributed by atoms with Gasteiger partial charge in [0.2, 0.25) is 0 Å². The summed E-state index contributed by atoms with van der Waals surface area (Å²) in [5.41, 5.74) is 0.680. The van der Waals surface area contributed by atoms with Gasteiger partial charge >= 0.3 is 5.97 Å². The minimum atomic E-state index is -0.749. The second kappa shape index (κ2) is 8.04. The molecule has 28 heavy (non-hydrogen) atoms. The van der Waals surface area contributed by atoms with E-state index in [4.69, 9.17) is 4.74 Å². The molecule has 1 unspecified atom stereocenters. The van der Waals surface area contributed by atoms with Crippen molar-refractivity contribution in [3.63, 3.8) is 0 Å². The van der Waals surface area contributed by atoms with Gasteiger partial charge in [-0.2, -0.15) is 5.10 Å². The highest BCUT2D eigenvalue weighted by atomic mass is 16.5. The minimum absolute atomic E-state index is 0.00395. The van der Waals surface area contributed by atoms with Crippen molar-refractivity contribution < 1.29 is 14.3 Å². The lowest BCUT2D eigenvalue weighted by atomic mass is 10.1. The number of aromatic nitrogens is 2. The van der Waals surface area contributed by atoms with Gasteiger partial charge in [0, 0.05) is 19.5 Å². The van der Waals surface area contributed by atoms with E-state index >= 15 is 0 Å². The van der Waals surface area contributed by atoms with Crippen molar-refractivity contribution >= 4 is 22.6 Å². The molecular formula is C21H21N3O4. The van der Waals surface area contributed by atoms with Crippen molar-refractivity contribution in [2.24, 2.45) is 7.05 Å². The number of carbonyl (C=O) groups is 2. The zero-order valence-electron chi connectivity index (χ0n) is 16.0. The van der Waals surface area contributed by atoms with E-state index < -0.39 is 12.6 Å². The summed E-state index contributed by atoms with van der Waals surface area (Å²) in [5, 5.41) is 4.78. The number of hydrogen-bond acceptors (Lipinski definition) is 5. The van der Waals surface area contributed by atoms with Gasteiger partial charge in [0.1, 0.15) is 0 Å². The van der Waals surface area contributed by atoms with Gasteiger partial charge in [0.25, 0.3) is 11.5 Å². The Bertz CT molecular complexity index is 1080. The Morgan fingerprint density at radius 2 is 1.68 bits per heavy atom. The van der Waals surface area contributed by atoms with Crippen LogP contribution in [0.2, 0.25) is 0 Å². The summed E-state index contributed by atoms with van der Waals surface area (Å²) in [6.07, 6.45) is 0. The lowest BCUT2D eigenvalue weighted by Gasteiger charge is -2.25. The molecule has 0 spiro atoms. The number of rotatable bonds is 5. The van der Waals surface area contributed by atoms with Crippen molar-refractivity contribution in [3.8, 4) is 0 Å². The van der Waals surface area contributed by atoms with E-state index in [2.05, 4.69) is 5.10 Å². The van der Waals surface area contributed by atoms with Gasteiger partial charge in [-0.25, -0.2) is 9.48 Å². The molecule has 2 aromatic carbocycles. The Morgan fingerprint density at radius 1 is 1.07 bits per heavy atom. The molecule has 0 radical (unpaired) electrons. The van der Waals surface area contributed by atoms with Gasteiger partial charge in [0.05, 0.1) is 11.4 Å². The molecule has 3 aromatic rings. The number of esters is 1. The van der Waals surface area contributed by atoms with Gasteiger partial charge in [-0.05, 0) is 18.6 Å². The van der Waals surface area contributed by atoms with Crippen LogP contribution in [0.4, 0.5) is 0 Å². The highest BCUT2D eigenvalue weighted by Gasteiger charge is 2.21. The summed E-state index contributed by atoms with van der Waals surface area (Å²) in [7, 11) is 3.12. The van der Waals surface area contributed by atoms with Crippen LogP contribution in [0, 0.1) is 0 Å². The number of aryl methyl sites for hydroxylation is 1. The van der Waals surface area contributed by atoms with Gasteiger partial charge in [-0.1, -0.05) is 48.5 Å². The van der Waals surface area contributed by atoms with Crippen LogP contribution in [0.25, 0.3) is 10.8 Å². The summed E-state index contributed by atoms with van der Waals surface area (Å²) in [6.45, 7) is 1.49. The monoisotopic (exact) mass is 379 g/mol. The van der Waals surface area contributed by atoms with Crippen LogP contribution < -0.4 is 5.56 Å². The number of benzene rings is 2. The number of hydrogen-bond donors (Lipinski definition) is 0. The maximum atomic E-state index is 12.5. The Labute approximate surface area is 162 Å². The predicted octanol–water partition coefficient (Wildman–Crippen LogP) is 2.31. The van der Waals surface area contributed by atoms with Crippen LogP contribution >= 0.6 is 0 Å². The summed E-state index contributed by atoms with van der Waals surface area (Å²) >= 11 is 0. The molecule has 0 N–H and O–H groups in total. The van der Waals surface area contributed by atoms with Crippen molar-refractivity contribution in [1.29, 1.82) is 0 Å². The second-order valence-corrected chi connectivity index (χ2v) is 6.49. The van der Waals surface area contributed by atoms with Crippen molar-refractivity contribution in [2.45, 2.75) is 13.0 Å². The largest absolute Gasteiger partial charge is 0.451 e. The molecular weight excluding hydrogens is 358 g/mol. The third kappa shape index (κ3) is 3.78. The number of nitrogens with zero attached hydrogens (tertiary/aromatic N) is 3. The number of likely N-dealkylation sites (N-methyl/N-ethyl adjacent to an activating group) is 1. The fourth-order valence-electron chi connectivity index (χ4n) is 2.92. The molecule has 0 saturated heterocycles. The molecule has 0 saturated carbocycles. The fraction of sp³-hybridized carbons (Fsp3) is 0.238. The number of amides is 1. The van der Waals surface area contributed by atoms with E-state index in [0.29, 0.717) is 10.8 Å². The first-order valence-electron chi connectivity index (χ1n) is 8.84. The van der Waals surface area contributed by atoms with Gasteiger partial charge in [-0.3, -0.25) is 9.59 Å². The Balaban J connectivity index is 1.74. The molecule has 0 aliphatic heterocycles. The topological polar surface area (TPSA) is 81.5 Å². The van der Waals surface area contributed by atoms with Gasteiger partial charge in [0.15, 0.2) is 12.3 Å². The molecule has 0 bridgehead atoms. The second-order valence-electron chi connectivity index (χ2n) is 6.49. The summed E-state index contributed by atoms with van der Waals surface area (Å²) < 4.78 is 6.28. The first kappa shape index (κ1) is 19.3. The Morgan fingerprint density at radius 3 is 2.36 bits per heavy atom. The maximum absolute atomic E-state index is 12.5. The van der Waals surface area contributed by atoms with Crippen LogP contribution in [0.3, 0.4) is 0 Å². The average Bonchev–Trinajstić information content (AvgIpc) is 2.73. The molecule has 1 atom stereocenters. The van der Waals surface area contributed by atoms with Crippen molar-refractivity contribution in [3.05, 3.63) is 76.2 Å². The highest BCUT2D eigenvalue weighted by Crippen LogP contribution is 2.18. The highest BCUT2D eigenvalue weighted by molar-refractivity contribution is 6.02. The third-order valence-corrected chi connectivity index (χ3v) is 4.73. The summed E-state index contributed by atoms with van der Waals surface area (Å²) in [6, 6.07) is 16.1. The molecule has 1 amide bonds. The quantitative estimate of drug-likeness (QED) is 0.636. The van der Waals surface area contributed by atoms with Gasteiger partial charge in [-0.15, -0.1) is 0 Å². The van der Waals surface area contributed by atoms with Crippen molar-refractivity contribution in [1.82, 2.24) is 14.7 Å². The number of fused-ring (bicyclic) bond motifs is 1. The molecule has 7 heteroatoms. The smallest absolute Gasteiger partial charge is 0.359 e. The van der Waals surface area contributed by atoms with E-state index in [1.807, 2.05) is 37.3 Å². The van der Waals surface area contributed by atoms with Crippen molar-refractivity contribution in [2.75, 3.05) is 13.7 Å². The van der Waals surface area contributed by atoms with E-state index in [1.165, 1.54) is 11.9 Å². The lowest BCUT2D eigenvalue weighted by Crippen LogP contribution is -2.33. The van der Waals surface area contributed by atoms with Crippen LogP contribution in [-0.4, -0.2) is 40.2 Å². The van der Waals surface area contributed by atoms with Crippen LogP contribution in [0.15, 0.2) is 59.4 Å². The van der Waals surface area contributed by atoms with E-state index in [1.54, 1.807) is 31.3 Å². The first-order valence-corrected chi connectivity index (χ1v) is 8.84. The predicted molar refractivity (Wildman–Crippen MR) is 105 cm³/mol. The molecule has 0 aliphatic rings. The average molecular weight is 379 g/mol. The lowest BCUT2D eigenvalue weighted by molar-refractivity contribution is -0.135.